The molecule has 3 unspecified atom stereocenters. The van der Waals surface area contributed by atoms with E-state index in [2.05, 4.69) is 10.6 Å². The van der Waals surface area contributed by atoms with Crippen LogP contribution in [0.5, 0.6) is 0 Å². The zero-order valence-electron chi connectivity index (χ0n) is 12.9. The Balaban J connectivity index is 2.42. The highest BCUT2D eigenvalue weighted by Gasteiger charge is 2.25. The maximum atomic E-state index is 12.2. The monoisotopic (exact) mass is 299 g/mol. The SMILES string of the molecule is CC(NC(=O)NC(C)C(C)C(=O)O)C(=O)N1CCCCC1. The van der Waals surface area contributed by atoms with Gasteiger partial charge in [-0.1, -0.05) is 0 Å². The van der Waals surface area contributed by atoms with Gasteiger partial charge in [0.05, 0.1) is 5.92 Å². The van der Waals surface area contributed by atoms with Gasteiger partial charge in [-0.05, 0) is 40.0 Å². The Hall–Kier alpha value is -1.79. The molecule has 1 heterocycles. The van der Waals surface area contributed by atoms with Crippen molar-refractivity contribution >= 4 is 17.9 Å². The van der Waals surface area contributed by atoms with Crippen LogP contribution in [0.25, 0.3) is 0 Å². The number of urea groups is 1. The van der Waals surface area contributed by atoms with Crippen LogP contribution in [-0.2, 0) is 9.59 Å². The minimum absolute atomic E-state index is 0.0937. The summed E-state index contributed by atoms with van der Waals surface area (Å²) < 4.78 is 0. The molecule has 0 saturated carbocycles. The highest BCUT2D eigenvalue weighted by atomic mass is 16.4. The third kappa shape index (κ3) is 5.24. The Kier molecular flexibility index (Phi) is 6.45. The molecule has 21 heavy (non-hydrogen) atoms. The van der Waals surface area contributed by atoms with Crippen molar-refractivity contribution in [2.75, 3.05) is 13.1 Å². The largest absolute Gasteiger partial charge is 0.481 e. The van der Waals surface area contributed by atoms with E-state index in [-0.39, 0.29) is 5.91 Å². The lowest BCUT2D eigenvalue weighted by Gasteiger charge is -2.29. The fourth-order valence-corrected chi connectivity index (χ4v) is 2.23. The van der Waals surface area contributed by atoms with Crippen molar-refractivity contribution in [2.45, 2.75) is 52.1 Å². The highest BCUT2D eigenvalue weighted by molar-refractivity contribution is 5.87. The topological polar surface area (TPSA) is 98.7 Å². The van der Waals surface area contributed by atoms with Crippen molar-refractivity contribution in [1.82, 2.24) is 15.5 Å². The smallest absolute Gasteiger partial charge is 0.315 e. The number of likely N-dealkylation sites (tertiary alicyclic amines) is 1. The van der Waals surface area contributed by atoms with Crippen molar-refractivity contribution in [3.8, 4) is 0 Å². The maximum Gasteiger partial charge on any atom is 0.315 e. The first kappa shape index (κ1) is 17.3. The van der Waals surface area contributed by atoms with Crippen LogP contribution in [0.4, 0.5) is 4.79 Å². The van der Waals surface area contributed by atoms with Crippen LogP contribution < -0.4 is 10.6 Å². The molecule has 7 heteroatoms. The van der Waals surface area contributed by atoms with Gasteiger partial charge < -0.3 is 20.6 Å². The van der Waals surface area contributed by atoms with Crippen LogP contribution in [-0.4, -0.2) is 53.1 Å². The summed E-state index contributed by atoms with van der Waals surface area (Å²) in [7, 11) is 0. The standard InChI is InChI=1S/C14H25N3O4/c1-9(13(19)20)10(2)15-14(21)16-11(3)12(18)17-7-5-4-6-8-17/h9-11H,4-8H2,1-3H3,(H,19,20)(H2,15,16,21). The molecular formula is C14H25N3O4. The van der Waals surface area contributed by atoms with Gasteiger partial charge in [0.1, 0.15) is 6.04 Å². The van der Waals surface area contributed by atoms with E-state index in [1.54, 1.807) is 18.7 Å². The first-order chi connectivity index (χ1) is 9.82. The number of carbonyl (C=O) groups is 3. The van der Waals surface area contributed by atoms with Crippen LogP contribution in [0.15, 0.2) is 0 Å². The van der Waals surface area contributed by atoms with E-state index in [1.807, 2.05) is 0 Å². The lowest BCUT2D eigenvalue weighted by Crippen LogP contribution is -2.53. The Bertz CT molecular complexity index is 394. The van der Waals surface area contributed by atoms with Crippen molar-refractivity contribution in [3.05, 3.63) is 0 Å². The molecule has 0 aromatic rings. The summed E-state index contributed by atoms with van der Waals surface area (Å²) >= 11 is 0. The molecule has 0 aliphatic carbocycles. The van der Waals surface area contributed by atoms with E-state index >= 15 is 0 Å². The second-order valence-electron chi connectivity index (χ2n) is 5.64. The van der Waals surface area contributed by atoms with Crippen LogP contribution in [0.2, 0.25) is 0 Å². The van der Waals surface area contributed by atoms with Crippen LogP contribution in [0.1, 0.15) is 40.0 Å². The summed E-state index contributed by atoms with van der Waals surface area (Å²) in [6.07, 6.45) is 3.13. The fourth-order valence-electron chi connectivity index (χ4n) is 2.23. The summed E-state index contributed by atoms with van der Waals surface area (Å²) in [6.45, 7) is 6.25. The molecule has 1 rings (SSSR count). The van der Waals surface area contributed by atoms with Crippen molar-refractivity contribution in [3.63, 3.8) is 0 Å². The average Bonchev–Trinajstić information content (AvgIpc) is 2.46. The number of hydrogen-bond acceptors (Lipinski definition) is 3. The molecule has 1 aliphatic rings. The second kappa shape index (κ2) is 7.85. The van der Waals surface area contributed by atoms with Crippen LogP contribution in [0, 0.1) is 5.92 Å². The number of piperidine rings is 1. The van der Waals surface area contributed by atoms with E-state index < -0.39 is 30.0 Å². The first-order valence-electron chi connectivity index (χ1n) is 7.41. The lowest BCUT2D eigenvalue weighted by molar-refractivity contribution is -0.141. The van der Waals surface area contributed by atoms with E-state index in [4.69, 9.17) is 5.11 Å². The molecule has 120 valence electrons. The number of nitrogens with one attached hydrogen (secondary N) is 2. The number of aliphatic carboxylic acids is 1. The third-order valence-electron chi connectivity index (χ3n) is 3.88. The minimum atomic E-state index is -0.972. The highest BCUT2D eigenvalue weighted by Crippen LogP contribution is 2.10. The quantitative estimate of drug-likeness (QED) is 0.699. The molecule has 1 saturated heterocycles. The van der Waals surface area contributed by atoms with Gasteiger partial charge >= 0.3 is 12.0 Å². The summed E-state index contributed by atoms with van der Waals surface area (Å²) in [4.78, 5) is 36.5. The van der Waals surface area contributed by atoms with Gasteiger partial charge in [0.25, 0.3) is 0 Å². The average molecular weight is 299 g/mol. The molecule has 0 radical (unpaired) electrons. The van der Waals surface area contributed by atoms with E-state index in [1.165, 1.54) is 6.92 Å². The number of carboxylic acid groups (broad SMARTS) is 1. The van der Waals surface area contributed by atoms with Crippen LogP contribution in [0.3, 0.4) is 0 Å². The molecule has 0 aromatic heterocycles. The van der Waals surface area contributed by atoms with Gasteiger partial charge in [-0.2, -0.15) is 0 Å². The van der Waals surface area contributed by atoms with Gasteiger partial charge in [0.15, 0.2) is 0 Å². The number of rotatable bonds is 5. The van der Waals surface area contributed by atoms with Crippen molar-refractivity contribution in [1.29, 1.82) is 0 Å². The van der Waals surface area contributed by atoms with Crippen molar-refractivity contribution < 1.29 is 19.5 Å². The second-order valence-corrected chi connectivity index (χ2v) is 5.64. The van der Waals surface area contributed by atoms with E-state index in [0.717, 1.165) is 32.4 Å². The fraction of sp³-hybridized carbons (Fsp3) is 0.786. The van der Waals surface area contributed by atoms with Gasteiger partial charge in [-0.15, -0.1) is 0 Å². The summed E-state index contributed by atoms with van der Waals surface area (Å²) in [5, 5.41) is 14.0. The molecule has 3 amide bonds. The van der Waals surface area contributed by atoms with E-state index in [9.17, 15) is 14.4 Å². The molecule has 1 aliphatic heterocycles. The summed E-state index contributed by atoms with van der Waals surface area (Å²) in [5.41, 5.74) is 0. The molecule has 0 aromatic carbocycles. The summed E-state index contributed by atoms with van der Waals surface area (Å²) in [6, 6.07) is -1.65. The minimum Gasteiger partial charge on any atom is -0.481 e. The van der Waals surface area contributed by atoms with E-state index in [0.29, 0.717) is 0 Å². The Morgan fingerprint density at radius 1 is 1.00 bits per heavy atom. The maximum absolute atomic E-state index is 12.2. The zero-order valence-corrected chi connectivity index (χ0v) is 12.9. The molecule has 0 spiro atoms. The number of carbonyl (C=O) groups excluding carboxylic acids is 2. The normalized spacial score (nSPS) is 19.3. The lowest BCUT2D eigenvalue weighted by atomic mass is 10.0. The van der Waals surface area contributed by atoms with Crippen molar-refractivity contribution in [2.24, 2.45) is 5.92 Å². The Morgan fingerprint density at radius 3 is 2.10 bits per heavy atom. The predicted molar refractivity (Wildman–Crippen MR) is 77.8 cm³/mol. The molecule has 7 nitrogen and oxygen atoms in total. The molecule has 0 bridgehead atoms. The number of nitrogens with zero attached hydrogens (tertiary/aromatic N) is 1. The van der Waals surface area contributed by atoms with Gasteiger partial charge in [-0.3, -0.25) is 9.59 Å². The Labute approximate surface area is 125 Å². The number of carboxylic acids is 1. The number of hydrogen-bond donors (Lipinski definition) is 3. The third-order valence-corrected chi connectivity index (χ3v) is 3.88. The molecule has 3 N–H and O–H groups in total. The summed E-state index contributed by atoms with van der Waals surface area (Å²) in [5.74, 6) is -1.76. The van der Waals surface area contributed by atoms with Gasteiger partial charge in [0.2, 0.25) is 5.91 Å². The predicted octanol–water partition coefficient (Wildman–Crippen LogP) is 0.796. The zero-order chi connectivity index (χ0) is 16.0. The molecule has 1 fully saturated rings. The molecule has 3 atom stereocenters. The number of amides is 3. The van der Waals surface area contributed by atoms with Gasteiger partial charge in [0, 0.05) is 19.1 Å². The first-order valence-corrected chi connectivity index (χ1v) is 7.41. The van der Waals surface area contributed by atoms with Gasteiger partial charge in [-0.25, -0.2) is 4.79 Å². The molecular weight excluding hydrogens is 274 g/mol. The van der Waals surface area contributed by atoms with Crippen LogP contribution >= 0.6 is 0 Å². The Morgan fingerprint density at radius 2 is 1.57 bits per heavy atom.